The predicted molar refractivity (Wildman–Crippen MR) is 63.3 cm³/mol. The van der Waals surface area contributed by atoms with Gasteiger partial charge in [-0.05, 0) is 26.2 Å². The molecule has 0 rings (SSSR count). The second-order valence-corrected chi connectivity index (χ2v) is 4.42. The van der Waals surface area contributed by atoms with Gasteiger partial charge in [-0.3, -0.25) is 4.79 Å². The summed E-state index contributed by atoms with van der Waals surface area (Å²) < 4.78 is 30.7. The molecular formula is C12H21F2NO3. The molecule has 2 atom stereocenters. The van der Waals surface area contributed by atoms with Crippen LogP contribution in [0.5, 0.6) is 0 Å². The van der Waals surface area contributed by atoms with Gasteiger partial charge in [-0.1, -0.05) is 20.3 Å². The average molecular weight is 265 g/mol. The molecule has 0 saturated carbocycles. The van der Waals surface area contributed by atoms with Gasteiger partial charge in [0.15, 0.2) is 0 Å². The molecule has 0 heterocycles. The summed E-state index contributed by atoms with van der Waals surface area (Å²) in [6, 6.07) is -0.409. The van der Waals surface area contributed by atoms with Gasteiger partial charge in [0.05, 0.1) is 6.61 Å². The Morgan fingerprint density at radius 2 is 1.83 bits per heavy atom. The van der Waals surface area contributed by atoms with E-state index in [0.29, 0.717) is 12.3 Å². The van der Waals surface area contributed by atoms with E-state index in [0.717, 1.165) is 6.42 Å². The van der Waals surface area contributed by atoms with Gasteiger partial charge in [-0.15, -0.1) is 0 Å². The molecule has 0 aliphatic heterocycles. The molecule has 0 aromatic heterocycles. The van der Waals surface area contributed by atoms with Gasteiger partial charge in [0.1, 0.15) is 0 Å². The highest BCUT2D eigenvalue weighted by atomic mass is 19.3. The van der Waals surface area contributed by atoms with Crippen molar-refractivity contribution < 1.29 is 23.1 Å². The smallest absolute Gasteiger partial charge is 0.418 e. The van der Waals surface area contributed by atoms with Crippen molar-refractivity contribution in [2.75, 3.05) is 6.61 Å². The number of carbonyl (C=O) groups excluding carboxylic acids is 2. The quantitative estimate of drug-likeness (QED) is 0.566. The molecule has 0 spiro atoms. The molecule has 2 unspecified atom stereocenters. The maximum atomic E-state index is 13.3. The molecule has 0 aliphatic rings. The lowest BCUT2D eigenvalue weighted by Crippen LogP contribution is -2.49. The van der Waals surface area contributed by atoms with E-state index >= 15 is 0 Å². The Kier molecular flexibility index (Phi) is 6.80. The Bertz CT molecular complexity index is 295. The molecule has 6 heteroatoms. The molecule has 106 valence electrons. The third-order valence-corrected chi connectivity index (χ3v) is 2.65. The fraction of sp³-hybridized carbons (Fsp3) is 0.833. The minimum absolute atomic E-state index is 0.190. The summed E-state index contributed by atoms with van der Waals surface area (Å²) in [5.41, 5.74) is 0. The molecule has 1 N–H and O–H groups in total. The molecule has 4 nitrogen and oxygen atoms in total. The van der Waals surface area contributed by atoms with Crippen LogP contribution in [-0.2, 0) is 14.3 Å². The van der Waals surface area contributed by atoms with E-state index in [-0.39, 0.29) is 6.61 Å². The zero-order valence-electron chi connectivity index (χ0n) is 11.3. The van der Waals surface area contributed by atoms with Gasteiger partial charge in [0, 0.05) is 6.04 Å². The zero-order valence-corrected chi connectivity index (χ0v) is 11.3. The highest BCUT2D eigenvalue weighted by molar-refractivity contribution is 6.04. The molecule has 18 heavy (non-hydrogen) atoms. The Morgan fingerprint density at radius 3 is 2.28 bits per heavy atom. The summed E-state index contributed by atoms with van der Waals surface area (Å²) >= 11 is 0. The third kappa shape index (κ3) is 4.98. The van der Waals surface area contributed by atoms with Crippen LogP contribution >= 0.6 is 0 Å². The molecule has 0 aliphatic carbocycles. The summed E-state index contributed by atoms with van der Waals surface area (Å²) in [5, 5.41) is 2.13. The van der Waals surface area contributed by atoms with Gasteiger partial charge in [0.2, 0.25) is 0 Å². The Hall–Kier alpha value is -1.20. The van der Waals surface area contributed by atoms with Crippen LogP contribution in [0.15, 0.2) is 0 Å². The minimum atomic E-state index is -4.13. The van der Waals surface area contributed by atoms with E-state index in [1.54, 1.807) is 6.92 Å². The highest BCUT2D eigenvalue weighted by Crippen LogP contribution is 2.17. The first kappa shape index (κ1) is 16.8. The molecule has 0 radical (unpaired) electrons. The van der Waals surface area contributed by atoms with Crippen molar-refractivity contribution in [2.24, 2.45) is 5.92 Å². The van der Waals surface area contributed by atoms with Gasteiger partial charge in [0.25, 0.3) is 0 Å². The molecule has 1 amide bonds. The van der Waals surface area contributed by atoms with Crippen LogP contribution < -0.4 is 5.32 Å². The fourth-order valence-electron chi connectivity index (χ4n) is 1.46. The van der Waals surface area contributed by atoms with Crippen LogP contribution in [0, 0.1) is 5.92 Å². The number of amides is 1. The number of hydrogen-bond donors (Lipinski definition) is 1. The zero-order chi connectivity index (χ0) is 14.3. The normalized spacial score (nSPS) is 14.8. The Balaban J connectivity index is 4.42. The summed E-state index contributed by atoms with van der Waals surface area (Å²) in [6.45, 7) is 6.78. The van der Waals surface area contributed by atoms with Crippen molar-refractivity contribution in [3.63, 3.8) is 0 Å². The molecule has 0 saturated heterocycles. The highest BCUT2D eigenvalue weighted by Gasteiger charge is 2.49. The fourth-order valence-corrected chi connectivity index (χ4v) is 1.46. The molecule has 0 aromatic rings. The number of rotatable bonds is 7. The van der Waals surface area contributed by atoms with Crippen LogP contribution in [0.2, 0.25) is 0 Å². The SMILES string of the molecule is CCOC(=O)C(F)(F)C(=O)NC(C)CC(C)CC. The largest absolute Gasteiger partial charge is 0.461 e. The van der Waals surface area contributed by atoms with Crippen LogP contribution in [0.25, 0.3) is 0 Å². The van der Waals surface area contributed by atoms with E-state index in [4.69, 9.17) is 0 Å². The number of ether oxygens (including phenoxy) is 1. The van der Waals surface area contributed by atoms with Crippen molar-refractivity contribution in [3.05, 3.63) is 0 Å². The van der Waals surface area contributed by atoms with Crippen molar-refractivity contribution >= 4 is 11.9 Å². The first-order chi connectivity index (χ1) is 8.25. The number of halogens is 2. The lowest BCUT2D eigenvalue weighted by atomic mass is 10.0. The Morgan fingerprint density at radius 1 is 1.28 bits per heavy atom. The maximum Gasteiger partial charge on any atom is 0.418 e. The van der Waals surface area contributed by atoms with Crippen LogP contribution in [0.3, 0.4) is 0 Å². The molecular weight excluding hydrogens is 244 g/mol. The first-order valence-electron chi connectivity index (χ1n) is 6.11. The second-order valence-electron chi connectivity index (χ2n) is 4.42. The number of hydrogen-bond acceptors (Lipinski definition) is 3. The number of alkyl halides is 2. The van der Waals surface area contributed by atoms with Gasteiger partial charge in [-0.2, -0.15) is 8.78 Å². The molecule has 0 fully saturated rings. The van der Waals surface area contributed by atoms with Crippen molar-refractivity contribution in [3.8, 4) is 0 Å². The number of carbonyl (C=O) groups is 2. The summed E-state index contributed by atoms with van der Waals surface area (Å²) in [5.74, 6) is -7.22. The van der Waals surface area contributed by atoms with E-state index in [9.17, 15) is 18.4 Å². The number of esters is 1. The summed E-state index contributed by atoms with van der Waals surface area (Å²) in [4.78, 5) is 22.2. The third-order valence-electron chi connectivity index (χ3n) is 2.65. The average Bonchev–Trinajstić information content (AvgIpc) is 2.28. The van der Waals surface area contributed by atoms with Crippen molar-refractivity contribution in [1.82, 2.24) is 5.32 Å². The monoisotopic (exact) mass is 265 g/mol. The van der Waals surface area contributed by atoms with Crippen LogP contribution in [0.4, 0.5) is 8.78 Å². The lowest BCUT2D eigenvalue weighted by Gasteiger charge is -2.20. The lowest BCUT2D eigenvalue weighted by molar-refractivity contribution is -0.177. The van der Waals surface area contributed by atoms with E-state index < -0.39 is 23.8 Å². The second kappa shape index (κ2) is 7.28. The Labute approximate surface area is 106 Å². The van der Waals surface area contributed by atoms with Crippen molar-refractivity contribution in [1.29, 1.82) is 0 Å². The standard InChI is InChI=1S/C12H21F2NO3/c1-5-8(3)7-9(4)15-10(16)12(13,14)11(17)18-6-2/h8-9H,5-7H2,1-4H3,(H,15,16). The minimum Gasteiger partial charge on any atom is -0.461 e. The van der Waals surface area contributed by atoms with Gasteiger partial charge in [-0.25, -0.2) is 4.79 Å². The number of nitrogens with one attached hydrogen (secondary N) is 1. The first-order valence-corrected chi connectivity index (χ1v) is 6.11. The van der Waals surface area contributed by atoms with Gasteiger partial charge < -0.3 is 10.1 Å². The molecule has 0 aromatic carbocycles. The molecule has 0 bridgehead atoms. The van der Waals surface area contributed by atoms with Crippen LogP contribution in [-0.4, -0.2) is 30.4 Å². The topological polar surface area (TPSA) is 55.4 Å². The van der Waals surface area contributed by atoms with E-state index in [1.165, 1.54) is 6.92 Å². The van der Waals surface area contributed by atoms with E-state index in [1.807, 2.05) is 13.8 Å². The van der Waals surface area contributed by atoms with Gasteiger partial charge >= 0.3 is 17.8 Å². The summed E-state index contributed by atoms with van der Waals surface area (Å²) in [7, 11) is 0. The van der Waals surface area contributed by atoms with Crippen molar-refractivity contribution in [2.45, 2.75) is 52.5 Å². The maximum absolute atomic E-state index is 13.3. The predicted octanol–water partition coefficient (Wildman–Crippen LogP) is 2.13. The van der Waals surface area contributed by atoms with Crippen LogP contribution in [0.1, 0.15) is 40.5 Å². The van der Waals surface area contributed by atoms with E-state index in [2.05, 4.69) is 10.1 Å². The summed E-state index contributed by atoms with van der Waals surface area (Å²) in [6.07, 6.45) is 1.48.